The predicted octanol–water partition coefficient (Wildman–Crippen LogP) is 2.26. The Bertz CT molecular complexity index is 1020. The highest BCUT2D eigenvalue weighted by molar-refractivity contribution is 7.92. The van der Waals surface area contributed by atoms with Gasteiger partial charge in [0, 0.05) is 24.3 Å². The number of carbonyl (C=O) groups is 1. The number of hydrogen-bond acceptors (Lipinski definition) is 8. The smallest absolute Gasteiger partial charge is 0.326 e. The molecule has 0 spiro atoms. The number of nitro groups is 2. The first-order valence-corrected chi connectivity index (χ1v) is 9.28. The molecule has 0 aliphatic rings. The van der Waals surface area contributed by atoms with Crippen LogP contribution < -0.4 is 4.31 Å². The molecule has 12 heteroatoms. The summed E-state index contributed by atoms with van der Waals surface area (Å²) in [7, 11) is -4.46. The molecule has 148 valence electrons. The van der Waals surface area contributed by atoms with Crippen molar-refractivity contribution in [3.63, 3.8) is 0 Å². The van der Waals surface area contributed by atoms with E-state index in [4.69, 9.17) is 4.74 Å². The number of nitro benzene ring substituents is 2. The summed E-state index contributed by atoms with van der Waals surface area (Å²) in [6.45, 7) is 0.767. The van der Waals surface area contributed by atoms with Crippen LogP contribution in [-0.2, 0) is 19.6 Å². The van der Waals surface area contributed by atoms with Gasteiger partial charge in [-0.15, -0.1) is 0 Å². The van der Waals surface area contributed by atoms with Gasteiger partial charge >= 0.3 is 5.97 Å². The van der Waals surface area contributed by atoms with Crippen molar-refractivity contribution in [3.8, 4) is 0 Å². The van der Waals surface area contributed by atoms with Gasteiger partial charge in [-0.2, -0.15) is 0 Å². The molecule has 0 heterocycles. The lowest BCUT2D eigenvalue weighted by Crippen LogP contribution is -2.36. The number of ether oxygens (including phenoxy) is 1. The molecule has 0 bridgehead atoms. The average Bonchev–Trinajstić information content (AvgIpc) is 2.66. The lowest BCUT2D eigenvalue weighted by molar-refractivity contribution is -0.385. The highest BCUT2D eigenvalue weighted by Gasteiger charge is 2.30. The van der Waals surface area contributed by atoms with E-state index in [1.165, 1.54) is 25.1 Å². The molecule has 0 atom stereocenters. The van der Waals surface area contributed by atoms with Gasteiger partial charge in [-0.05, 0) is 19.1 Å². The molecule has 0 saturated heterocycles. The van der Waals surface area contributed by atoms with Crippen LogP contribution in [-0.4, -0.2) is 37.4 Å². The largest absolute Gasteiger partial charge is 0.465 e. The normalized spacial score (nSPS) is 10.9. The number of non-ortho nitro benzene ring substituents is 2. The van der Waals surface area contributed by atoms with Crippen molar-refractivity contribution in [1.82, 2.24) is 0 Å². The summed E-state index contributed by atoms with van der Waals surface area (Å²) in [4.78, 5) is 32.0. The molecule has 11 nitrogen and oxygen atoms in total. The second kappa shape index (κ2) is 8.43. The van der Waals surface area contributed by atoms with Crippen LogP contribution in [0.1, 0.15) is 6.92 Å². The summed E-state index contributed by atoms with van der Waals surface area (Å²) in [6.07, 6.45) is 0. The fraction of sp³-hybridized carbons (Fsp3) is 0.188. The van der Waals surface area contributed by atoms with Gasteiger partial charge in [0.2, 0.25) is 0 Å². The van der Waals surface area contributed by atoms with E-state index in [1.807, 2.05) is 0 Å². The standard InChI is InChI=1S/C16H15N3O8S/c1-2-27-16(20)11-17(12-5-3-6-13(9-12)18(21)22)28(25,26)15-8-4-7-14(10-15)19(23)24/h3-10H,2,11H2,1H3. The summed E-state index contributed by atoms with van der Waals surface area (Å²) in [5, 5.41) is 22.0. The Kier molecular flexibility index (Phi) is 6.26. The van der Waals surface area contributed by atoms with Crippen LogP contribution in [0.3, 0.4) is 0 Å². The molecule has 0 unspecified atom stereocenters. The monoisotopic (exact) mass is 409 g/mol. The van der Waals surface area contributed by atoms with E-state index in [2.05, 4.69) is 0 Å². The van der Waals surface area contributed by atoms with E-state index in [0.29, 0.717) is 4.31 Å². The molecule has 2 rings (SSSR count). The number of sulfonamides is 1. The molecule has 2 aromatic carbocycles. The summed E-state index contributed by atoms with van der Waals surface area (Å²) >= 11 is 0. The molecule has 0 amide bonds. The van der Waals surface area contributed by atoms with Gasteiger partial charge in [-0.25, -0.2) is 8.42 Å². The maximum absolute atomic E-state index is 13.1. The van der Waals surface area contributed by atoms with E-state index in [1.54, 1.807) is 0 Å². The van der Waals surface area contributed by atoms with Crippen molar-refractivity contribution >= 4 is 33.1 Å². The van der Waals surface area contributed by atoms with E-state index in [9.17, 15) is 33.4 Å². The third-order valence-corrected chi connectivity index (χ3v) is 5.29. The molecule has 0 aliphatic carbocycles. The minimum atomic E-state index is -4.46. The molecule has 2 aromatic rings. The maximum Gasteiger partial charge on any atom is 0.326 e. The van der Waals surface area contributed by atoms with Gasteiger partial charge < -0.3 is 4.74 Å². The Balaban J connectivity index is 2.59. The number of nitrogens with zero attached hydrogens (tertiary/aromatic N) is 3. The second-order valence-corrected chi connectivity index (χ2v) is 7.21. The van der Waals surface area contributed by atoms with Crippen molar-refractivity contribution in [3.05, 3.63) is 68.8 Å². The molecular weight excluding hydrogens is 394 g/mol. The van der Waals surface area contributed by atoms with Gasteiger partial charge in [0.15, 0.2) is 0 Å². The zero-order valence-corrected chi connectivity index (χ0v) is 15.4. The Morgan fingerprint density at radius 1 is 1.04 bits per heavy atom. The maximum atomic E-state index is 13.1. The Morgan fingerprint density at radius 2 is 1.61 bits per heavy atom. The van der Waals surface area contributed by atoms with Crippen molar-refractivity contribution in [1.29, 1.82) is 0 Å². The SMILES string of the molecule is CCOC(=O)CN(c1cccc([N+](=O)[O-])c1)S(=O)(=O)c1cccc([N+](=O)[O-])c1. The quantitative estimate of drug-likeness (QED) is 0.366. The minimum absolute atomic E-state index is 0.00152. The molecule has 0 saturated carbocycles. The number of esters is 1. The number of hydrogen-bond donors (Lipinski definition) is 0. The van der Waals surface area contributed by atoms with Crippen molar-refractivity contribution in [2.75, 3.05) is 17.5 Å². The van der Waals surface area contributed by atoms with Crippen LogP contribution in [0.25, 0.3) is 0 Å². The van der Waals surface area contributed by atoms with Gasteiger partial charge in [0.05, 0.1) is 27.0 Å². The number of anilines is 1. The number of benzene rings is 2. The lowest BCUT2D eigenvalue weighted by Gasteiger charge is -2.23. The van der Waals surface area contributed by atoms with Crippen LogP contribution in [0.2, 0.25) is 0 Å². The van der Waals surface area contributed by atoms with E-state index < -0.39 is 43.0 Å². The molecule has 0 radical (unpaired) electrons. The number of carbonyl (C=O) groups excluding carboxylic acids is 1. The van der Waals surface area contributed by atoms with Crippen molar-refractivity contribution in [2.24, 2.45) is 0 Å². The third-order valence-electron chi connectivity index (χ3n) is 3.52. The molecule has 0 aliphatic heterocycles. The van der Waals surface area contributed by atoms with Crippen LogP contribution in [0.4, 0.5) is 17.1 Å². The van der Waals surface area contributed by atoms with Gasteiger partial charge in [0.1, 0.15) is 6.54 Å². The molecule has 28 heavy (non-hydrogen) atoms. The first-order valence-electron chi connectivity index (χ1n) is 7.84. The topological polar surface area (TPSA) is 150 Å². The highest BCUT2D eigenvalue weighted by atomic mass is 32.2. The fourth-order valence-corrected chi connectivity index (χ4v) is 3.73. The zero-order chi connectivity index (χ0) is 20.9. The van der Waals surface area contributed by atoms with Crippen LogP contribution in [0, 0.1) is 20.2 Å². The molecular formula is C16H15N3O8S. The summed E-state index contributed by atoms with van der Waals surface area (Å²) in [6, 6.07) is 8.92. The van der Waals surface area contributed by atoms with Crippen LogP contribution in [0.5, 0.6) is 0 Å². The first-order chi connectivity index (χ1) is 13.2. The molecule has 0 fully saturated rings. The lowest BCUT2D eigenvalue weighted by atomic mass is 10.3. The summed E-state index contributed by atoms with van der Waals surface area (Å²) < 4.78 is 31.5. The predicted molar refractivity (Wildman–Crippen MR) is 97.4 cm³/mol. The summed E-state index contributed by atoms with van der Waals surface area (Å²) in [5.74, 6) is -0.886. The number of rotatable bonds is 8. The van der Waals surface area contributed by atoms with E-state index >= 15 is 0 Å². The van der Waals surface area contributed by atoms with Crippen LogP contribution >= 0.6 is 0 Å². The van der Waals surface area contributed by atoms with Gasteiger partial charge in [-0.3, -0.25) is 29.3 Å². The minimum Gasteiger partial charge on any atom is -0.465 e. The zero-order valence-electron chi connectivity index (χ0n) is 14.5. The fourth-order valence-electron chi connectivity index (χ4n) is 2.29. The molecule has 0 N–H and O–H groups in total. The average molecular weight is 409 g/mol. The highest BCUT2D eigenvalue weighted by Crippen LogP contribution is 2.28. The Hall–Kier alpha value is -3.54. The Morgan fingerprint density at radius 3 is 2.18 bits per heavy atom. The summed E-state index contributed by atoms with van der Waals surface area (Å²) in [5.41, 5.74) is -1.01. The van der Waals surface area contributed by atoms with E-state index in [0.717, 1.165) is 30.3 Å². The Labute approximate surface area is 159 Å². The first kappa shape index (κ1) is 20.8. The van der Waals surface area contributed by atoms with Crippen LogP contribution in [0.15, 0.2) is 53.4 Å². The van der Waals surface area contributed by atoms with Crippen molar-refractivity contribution < 1.29 is 27.8 Å². The van der Waals surface area contributed by atoms with Gasteiger partial charge in [0.25, 0.3) is 21.4 Å². The molecule has 0 aromatic heterocycles. The van der Waals surface area contributed by atoms with Gasteiger partial charge in [-0.1, -0.05) is 12.1 Å². The third kappa shape index (κ3) is 4.59. The second-order valence-electron chi connectivity index (χ2n) is 5.35. The van der Waals surface area contributed by atoms with Crippen molar-refractivity contribution in [2.45, 2.75) is 11.8 Å². The van der Waals surface area contributed by atoms with E-state index in [-0.39, 0.29) is 18.0 Å².